The Labute approximate surface area is 185 Å². The van der Waals surface area contributed by atoms with Crippen LogP contribution in [0.1, 0.15) is 5.56 Å². The number of para-hydroxylation sites is 1. The summed E-state index contributed by atoms with van der Waals surface area (Å²) in [5, 5.41) is 0.510. The van der Waals surface area contributed by atoms with E-state index in [1.165, 1.54) is 5.56 Å². The Bertz CT molecular complexity index is 1490. The summed E-state index contributed by atoms with van der Waals surface area (Å²) < 4.78 is 0. The monoisotopic (exact) mass is 416 g/mol. The molecule has 0 unspecified atom stereocenters. The summed E-state index contributed by atoms with van der Waals surface area (Å²) in [6.07, 6.45) is 2.65. The van der Waals surface area contributed by atoms with Crippen LogP contribution in [0.15, 0.2) is 95.9 Å². The summed E-state index contributed by atoms with van der Waals surface area (Å²) in [5.74, 6) is 0.538. The summed E-state index contributed by atoms with van der Waals surface area (Å²) in [6, 6.07) is 28.6. The van der Waals surface area contributed by atoms with Gasteiger partial charge in [0, 0.05) is 18.4 Å². The predicted octanol–water partition coefficient (Wildman–Crippen LogP) is 5.35. The van der Waals surface area contributed by atoms with Gasteiger partial charge >= 0.3 is 0 Å². The minimum atomic E-state index is -0.176. The quantitative estimate of drug-likeness (QED) is 0.431. The zero-order chi connectivity index (χ0) is 21.5. The molecule has 5 heteroatoms. The number of nitrogens with one attached hydrogen (secondary N) is 1. The molecule has 0 bridgehead atoms. The number of hydrogen-bond acceptors (Lipinski definition) is 4. The molecule has 6 rings (SSSR count). The Balaban J connectivity index is 1.43. The minimum absolute atomic E-state index is 0.176. The number of aromatic nitrogens is 3. The van der Waals surface area contributed by atoms with Crippen LogP contribution < -0.4 is 10.5 Å². The fourth-order valence-electron chi connectivity index (χ4n) is 4.45. The van der Waals surface area contributed by atoms with Gasteiger partial charge in [0.05, 0.1) is 5.39 Å². The number of H-pyrrole nitrogens is 1. The number of rotatable bonds is 3. The summed E-state index contributed by atoms with van der Waals surface area (Å²) in [6.45, 7) is 0.786. The van der Waals surface area contributed by atoms with Crippen LogP contribution in [-0.4, -0.2) is 21.5 Å². The van der Waals surface area contributed by atoms with Crippen LogP contribution in [0, 0.1) is 0 Å². The first kappa shape index (κ1) is 18.5. The number of nitrogens with zero attached hydrogens (tertiary/aromatic N) is 3. The molecule has 0 atom stereocenters. The van der Waals surface area contributed by atoms with Crippen molar-refractivity contribution < 1.29 is 0 Å². The fraction of sp³-hybridized carbons (Fsp3) is 0.0741. The first-order valence-electron chi connectivity index (χ1n) is 10.7. The van der Waals surface area contributed by atoms with Gasteiger partial charge in [-0.15, -0.1) is 0 Å². The molecule has 0 aliphatic carbocycles. The Morgan fingerprint density at radius 1 is 0.781 bits per heavy atom. The average Bonchev–Trinajstić information content (AvgIpc) is 3.28. The van der Waals surface area contributed by atoms with Gasteiger partial charge < -0.3 is 4.90 Å². The van der Waals surface area contributed by atoms with Gasteiger partial charge in [0.15, 0.2) is 5.65 Å². The molecule has 3 aromatic carbocycles. The molecule has 0 spiro atoms. The topological polar surface area (TPSA) is 61.9 Å². The van der Waals surface area contributed by atoms with Gasteiger partial charge in [-0.25, -0.2) is 4.98 Å². The van der Waals surface area contributed by atoms with Crippen LogP contribution in [0.2, 0.25) is 0 Å². The molecule has 5 nitrogen and oxygen atoms in total. The molecule has 0 amide bonds. The summed E-state index contributed by atoms with van der Waals surface area (Å²) in [7, 11) is 0. The Hall–Kier alpha value is -4.25. The van der Waals surface area contributed by atoms with Crippen LogP contribution in [-0.2, 0) is 6.42 Å². The molecule has 3 heterocycles. The van der Waals surface area contributed by atoms with Crippen molar-refractivity contribution in [3.8, 4) is 22.3 Å². The van der Waals surface area contributed by atoms with Crippen LogP contribution in [0.5, 0.6) is 0 Å². The third-order valence-corrected chi connectivity index (χ3v) is 6.04. The van der Waals surface area contributed by atoms with Crippen molar-refractivity contribution in [1.29, 1.82) is 0 Å². The highest BCUT2D eigenvalue weighted by atomic mass is 16.1. The van der Waals surface area contributed by atoms with Crippen molar-refractivity contribution >= 4 is 22.7 Å². The number of benzene rings is 3. The van der Waals surface area contributed by atoms with E-state index in [0.717, 1.165) is 40.9 Å². The second-order valence-corrected chi connectivity index (χ2v) is 7.92. The first-order valence-corrected chi connectivity index (χ1v) is 10.7. The van der Waals surface area contributed by atoms with Crippen LogP contribution in [0.3, 0.4) is 0 Å². The second-order valence-electron chi connectivity index (χ2n) is 7.92. The number of pyridine rings is 1. The zero-order valence-corrected chi connectivity index (χ0v) is 17.3. The Kier molecular flexibility index (Phi) is 4.32. The fourth-order valence-corrected chi connectivity index (χ4v) is 4.45. The highest BCUT2D eigenvalue weighted by Crippen LogP contribution is 2.33. The maximum absolute atomic E-state index is 13.2. The molecule has 1 aliphatic rings. The predicted molar refractivity (Wildman–Crippen MR) is 128 cm³/mol. The minimum Gasteiger partial charge on any atom is -0.311 e. The van der Waals surface area contributed by atoms with Crippen LogP contribution >= 0.6 is 0 Å². The Morgan fingerprint density at radius 2 is 1.50 bits per heavy atom. The summed E-state index contributed by atoms with van der Waals surface area (Å²) >= 11 is 0. The van der Waals surface area contributed by atoms with E-state index in [2.05, 4.69) is 51.3 Å². The normalized spacial score (nSPS) is 12.8. The number of anilines is 2. The maximum Gasteiger partial charge on any atom is 0.262 e. The third-order valence-electron chi connectivity index (χ3n) is 6.04. The van der Waals surface area contributed by atoms with E-state index in [-0.39, 0.29) is 5.56 Å². The molecule has 1 aliphatic heterocycles. The zero-order valence-electron chi connectivity index (χ0n) is 17.3. The highest BCUT2D eigenvalue weighted by molar-refractivity contribution is 5.92. The van der Waals surface area contributed by atoms with Crippen molar-refractivity contribution in [2.45, 2.75) is 6.42 Å². The average molecular weight is 416 g/mol. The molecule has 2 aromatic heterocycles. The van der Waals surface area contributed by atoms with E-state index in [4.69, 9.17) is 4.98 Å². The Morgan fingerprint density at radius 3 is 2.34 bits per heavy atom. The van der Waals surface area contributed by atoms with Gasteiger partial charge in [0.1, 0.15) is 0 Å². The highest BCUT2D eigenvalue weighted by Gasteiger charge is 2.23. The van der Waals surface area contributed by atoms with E-state index in [1.807, 2.05) is 48.5 Å². The third kappa shape index (κ3) is 3.06. The van der Waals surface area contributed by atoms with E-state index in [9.17, 15) is 4.79 Å². The summed E-state index contributed by atoms with van der Waals surface area (Å²) in [4.78, 5) is 27.4. The van der Waals surface area contributed by atoms with E-state index in [1.54, 1.807) is 6.20 Å². The lowest BCUT2D eigenvalue weighted by atomic mass is 9.99. The van der Waals surface area contributed by atoms with Gasteiger partial charge in [-0.1, -0.05) is 72.8 Å². The molecule has 5 aromatic rings. The van der Waals surface area contributed by atoms with Gasteiger partial charge in [-0.2, -0.15) is 4.98 Å². The second kappa shape index (κ2) is 7.46. The SMILES string of the molecule is O=c1[nH]c(N2CCc3ccccc32)nc2nccc(-c3ccc(-c4ccccc4)cc3)c12. The number of fused-ring (bicyclic) bond motifs is 2. The molecule has 32 heavy (non-hydrogen) atoms. The lowest BCUT2D eigenvalue weighted by Crippen LogP contribution is -2.21. The van der Waals surface area contributed by atoms with Crippen LogP contribution in [0.25, 0.3) is 33.3 Å². The van der Waals surface area contributed by atoms with Crippen LogP contribution in [0.4, 0.5) is 11.6 Å². The van der Waals surface area contributed by atoms with Gasteiger partial charge in [0.25, 0.3) is 5.56 Å². The molecule has 0 saturated carbocycles. The van der Waals surface area contributed by atoms with Crippen molar-refractivity contribution in [2.75, 3.05) is 11.4 Å². The molecular formula is C27H20N4O. The van der Waals surface area contributed by atoms with E-state index in [0.29, 0.717) is 17.0 Å². The largest absolute Gasteiger partial charge is 0.311 e. The lowest BCUT2D eigenvalue weighted by molar-refractivity contribution is 0.938. The molecule has 0 saturated heterocycles. The number of aromatic amines is 1. The van der Waals surface area contributed by atoms with Gasteiger partial charge in [-0.3, -0.25) is 9.78 Å². The summed E-state index contributed by atoms with van der Waals surface area (Å²) in [5.41, 5.74) is 6.71. The molecule has 0 fully saturated rings. The van der Waals surface area contributed by atoms with E-state index < -0.39 is 0 Å². The van der Waals surface area contributed by atoms with Crippen molar-refractivity contribution in [3.05, 3.63) is 107 Å². The standard InChI is InChI=1S/C27H20N4O/c32-26-24-22(20-12-10-19(11-13-20)18-6-2-1-3-7-18)14-16-28-25(24)29-27(30-26)31-17-15-21-8-4-5-9-23(21)31/h1-14,16H,15,17H2,(H,28,29,30,32). The molecular weight excluding hydrogens is 396 g/mol. The first-order chi connectivity index (χ1) is 15.8. The smallest absolute Gasteiger partial charge is 0.262 e. The van der Waals surface area contributed by atoms with Gasteiger partial charge in [-0.05, 0) is 46.4 Å². The number of hydrogen-bond donors (Lipinski definition) is 1. The van der Waals surface area contributed by atoms with Crippen molar-refractivity contribution in [2.24, 2.45) is 0 Å². The van der Waals surface area contributed by atoms with E-state index >= 15 is 0 Å². The molecule has 0 radical (unpaired) electrons. The van der Waals surface area contributed by atoms with Crippen molar-refractivity contribution in [1.82, 2.24) is 15.0 Å². The maximum atomic E-state index is 13.2. The molecule has 1 N–H and O–H groups in total. The van der Waals surface area contributed by atoms with Gasteiger partial charge in [0.2, 0.25) is 5.95 Å². The lowest BCUT2D eigenvalue weighted by Gasteiger charge is -2.18. The van der Waals surface area contributed by atoms with Crippen molar-refractivity contribution in [3.63, 3.8) is 0 Å². The molecule has 154 valence electrons.